The molecule has 0 heterocycles. The topological polar surface area (TPSA) is 50.8 Å². The number of benzene rings is 1. The van der Waals surface area contributed by atoms with Crippen molar-refractivity contribution in [3.63, 3.8) is 0 Å². The first-order valence-electron chi connectivity index (χ1n) is 8.13. The monoisotopic (exact) mass is 320 g/mol. The highest BCUT2D eigenvalue weighted by Gasteiger charge is 2.04. The number of rotatable bonds is 10. The van der Waals surface area contributed by atoms with Crippen LogP contribution in [0.3, 0.4) is 0 Å². The van der Waals surface area contributed by atoms with Gasteiger partial charge in [-0.15, -0.1) is 0 Å². The maximum absolute atomic E-state index is 11.8. The Balaban J connectivity index is 2.54. The average molecular weight is 320 g/mol. The molecule has 1 aromatic carbocycles. The fourth-order valence-corrected chi connectivity index (χ4v) is 2.17. The highest BCUT2D eigenvalue weighted by atomic mass is 16.5. The Kier molecular flexibility index (Phi) is 8.83. The summed E-state index contributed by atoms with van der Waals surface area (Å²) in [5, 5.41) is 2.89. The largest absolute Gasteiger partial charge is 0.493 e. The lowest BCUT2D eigenvalue weighted by Gasteiger charge is -2.17. The van der Waals surface area contributed by atoms with Crippen LogP contribution in [-0.4, -0.2) is 50.7 Å². The van der Waals surface area contributed by atoms with Gasteiger partial charge in [0, 0.05) is 19.2 Å². The highest BCUT2D eigenvalue weighted by Crippen LogP contribution is 2.28. The van der Waals surface area contributed by atoms with Crippen LogP contribution >= 0.6 is 0 Å². The summed E-state index contributed by atoms with van der Waals surface area (Å²) in [5.74, 6) is 1.27. The molecule has 1 aromatic rings. The van der Waals surface area contributed by atoms with Crippen molar-refractivity contribution in [3.05, 3.63) is 29.8 Å². The summed E-state index contributed by atoms with van der Waals surface area (Å²) in [6.45, 7) is 10.2. The molecule has 5 nitrogen and oxygen atoms in total. The molecule has 5 heteroatoms. The normalized spacial score (nSPS) is 11.0. The van der Waals surface area contributed by atoms with Crippen LogP contribution in [0.15, 0.2) is 24.3 Å². The summed E-state index contributed by atoms with van der Waals surface area (Å²) < 4.78 is 10.8. The predicted molar refractivity (Wildman–Crippen MR) is 94.0 cm³/mol. The maximum Gasteiger partial charge on any atom is 0.244 e. The first kappa shape index (κ1) is 19.0. The number of ether oxygens (including phenoxy) is 2. The molecule has 0 bridgehead atoms. The van der Waals surface area contributed by atoms with Gasteiger partial charge >= 0.3 is 0 Å². The third-order valence-electron chi connectivity index (χ3n) is 3.54. The smallest absolute Gasteiger partial charge is 0.244 e. The van der Waals surface area contributed by atoms with Gasteiger partial charge in [-0.2, -0.15) is 0 Å². The third kappa shape index (κ3) is 6.74. The molecule has 0 aliphatic rings. The molecule has 0 aliphatic carbocycles. The Morgan fingerprint density at radius 3 is 2.57 bits per heavy atom. The average Bonchev–Trinajstić information content (AvgIpc) is 2.58. The molecule has 0 spiro atoms. The van der Waals surface area contributed by atoms with Crippen molar-refractivity contribution in [1.29, 1.82) is 0 Å². The molecular weight excluding hydrogens is 292 g/mol. The van der Waals surface area contributed by atoms with Crippen LogP contribution in [0.4, 0.5) is 0 Å². The van der Waals surface area contributed by atoms with E-state index in [1.54, 1.807) is 13.2 Å². The fourth-order valence-electron chi connectivity index (χ4n) is 2.17. The van der Waals surface area contributed by atoms with Gasteiger partial charge in [-0.1, -0.05) is 19.9 Å². The quantitative estimate of drug-likeness (QED) is 0.673. The van der Waals surface area contributed by atoms with Crippen molar-refractivity contribution in [2.75, 3.05) is 39.9 Å². The molecule has 1 rings (SSSR count). The van der Waals surface area contributed by atoms with Crippen molar-refractivity contribution in [2.24, 2.45) is 0 Å². The number of nitrogens with zero attached hydrogens (tertiary/aromatic N) is 1. The minimum absolute atomic E-state index is 0.0926. The zero-order valence-corrected chi connectivity index (χ0v) is 14.6. The van der Waals surface area contributed by atoms with Crippen LogP contribution in [0, 0.1) is 0 Å². The number of hydrogen-bond donors (Lipinski definition) is 1. The van der Waals surface area contributed by atoms with E-state index in [4.69, 9.17) is 9.47 Å². The number of amides is 1. The van der Waals surface area contributed by atoms with Gasteiger partial charge in [0.15, 0.2) is 11.5 Å². The minimum atomic E-state index is -0.0926. The lowest BCUT2D eigenvalue weighted by molar-refractivity contribution is -0.116. The van der Waals surface area contributed by atoms with Crippen LogP contribution < -0.4 is 14.8 Å². The lowest BCUT2D eigenvalue weighted by Crippen LogP contribution is -2.34. The molecule has 0 atom stereocenters. The van der Waals surface area contributed by atoms with Gasteiger partial charge in [0.1, 0.15) is 0 Å². The zero-order chi connectivity index (χ0) is 17.1. The van der Waals surface area contributed by atoms with Crippen molar-refractivity contribution in [1.82, 2.24) is 10.2 Å². The Morgan fingerprint density at radius 1 is 1.22 bits per heavy atom. The summed E-state index contributed by atoms with van der Waals surface area (Å²) in [4.78, 5) is 14.1. The van der Waals surface area contributed by atoms with Crippen LogP contribution in [0.25, 0.3) is 6.08 Å². The van der Waals surface area contributed by atoms with Gasteiger partial charge in [0.05, 0.1) is 13.7 Å². The van der Waals surface area contributed by atoms with E-state index in [0.717, 1.165) is 25.2 Å². The summed E-state index contributed by atoms with van der Waals surface area (Å²) in [5.41, 5.74) is 0.893. The van der Waals surface area contributed by atoms with Gasteiger partial charge in [0.25, 0.3) is 0 Å². The van der Waals surface area contributed by atoms with Crippen molar-refractivity contribution < 1.29 is 14.3 Å². The van der Waals surface area contributed by atoms with E-state index in [1.807, 2.05) is 25.1 Å². The summed E-state index contributed by atoms with van der Waals surface area (Å²) in [7, 11) is 1.60. The predicted octanol–water partition coefficient (Wildman–Crippen LogP) is 2.57. The van der Waals surface area contributed by atoms with Crippen molar-refractivity contribution in [2.45, 2.75) is 20.8 Å². The van der Waals surface area contributed by atoms with Gasteiger partial charge < -0.3 is 19.7 Å². The Bertz CT molecular complexity index is 511. The van der Waals surface area contributed by atoms with E-state index >= 15 is 0 Å². The van der Waals surface area contributed by atoms with Gasteiger partial charge in [0.2, 0.25) is 5.91 Å². The number of carbonyl (C=O) groups excluding carboxylic acids is 1. The number of carbonyl (C=O) groups is 1. The molecule has 0 aliphatic heterocycles. The first-order chi connectivity index (χ1) is 11.1. The zero-order valence-electron chi connectivity index (χ0n) is 14.6. The molecule has 23 heavy (non-hydrogen) atoms. The summed E-state index contributed by atoms with van der Waals surface area (Å²) >= 11 is 0. The molecule has 1 N–H and O–H groups in total. The van der Waals surface area contributed by atoms with E-state index < -0.39 is 0 Å². The fraction of sp³-hybridized carbons (Fsp3) is 0.500. The van der Waals surface area contributed by atoms with E-state index in [0.29, 0.717) is 24.7 Å². The Morgan fingerprint density at radius 2 is 1.96 bits per heavy atom. The van der Waals surface area contributed by atoms with Crippen LogP contribution in [0.2, 0.25) is 0 Å². The number of methoxy groups -OCH3 is 1. The molecule has 0 saturated heterocycles. The Labute approximate surface area is 139 Å². The van der Waals surface area contributed by atoms with Crippen LogP contribution in [0.1, 0.15) is 26.3 Å². The van der Waals surface area contributed by atoms with Crippen molar-refractivity contribution in [3.8, 4) is 11.5 Å². The maximum atomic E-state index is 11.8. The molecular formula is C18H28N2O3. The van der Waals surface area contributed by atoms with Crippen LogP contribution in [0.5, 0.6) is 11.5 Å². The highest BCUT2D eigenvalue weighted by molar-refractivity contribution is 5.91. The van der Waals surface area contributed by atoms with E-state index in [1.165, 1.54) is 6.08 Å². The first-order valence-corrected chi connectivity index (χ1v) is 8.13. The lowest BCUT2D eigenvalue weighted by atomic mass is 10.2. The third-order valence-corrected chi connectivity index (χ3v) is 3.54. The van der Waals surface area contributed by atoms with E-state index in [-0.39, 0.29) is 5.91 Å². The molecule has 0 fully saturated rings. The Hall–Kier alpha value is -2.01. The second kappa shape index (κ2) is 10.7. The molecule has 0 aromatic heterocycles. The van der Waals surface area contributed by atoms with Gasteiger partial charge in [-0.05, 0) is 43.8 Å². The second-order valence-electron chi connectivity index (χ2n) is 4.99. The number of hydrogen-bond acceptors (Lipinski definition) is 4. The second-order valence-corrected chi connectivity index (χ2v) is 4.99. The van der Waals surface area contributed by atoms with Crippen LogP contribution in [-0.2, 0) is 4.79 Å². The van der Waals surface area contributed by atoms with E-state index in [9.17, 15) is 4.79 Å². The molecule has 1 amide bonds. The van der Waals surface area contributed by atoms with Gasteiger partial charge in [-0.25, -0.2) is 0 Å². The molecule has 128 valence electrons. The number of nitrogens with one attached hydrogen (secondary N) is 1. The van der Waals surface area contributed by atoms with E-state index in [2.05, 4.69) is 24.1 Å². The summed E-state index contributed by atoms with van der Waals surface area (Å²) in [6, 6.07) is 5.60. The minimum Gasteiger partial charge on any atom is -0.493 e. The number of likely N-dealkylation sites (N-methyl/N-ethyl adjacent to an activating group) is 1. The molecule has 0 unspecified atom stereocenters. The summed E-state index contributed by atoms with van der Waals surface area (Å²) in [6.07, 6.45) is 3.31. The van der Waals surface area contributed by atoms with Crippen molar-refractivity contribution >= 4 is 12.0 Å². The standard InChI is InChI=1S/C18H28N2O3/c1-5-20(6-2)13-12-19-18(21)11-9-15-8-10-16(23-7-3)17(14-15)22-4/h8-11,14H,5-7,12-13H2,1-4H3,(H,19,21)/b11-9+. The molecule has 0 saturated carbocycles. The molecule has 0 radical (unpaired) electrons. The van der Waals surface area contributed by atoms with Gasteiger partial charge in [-0.3, -0.25) is 4.79 Å². The SMILES string of the molecule is CCOc1ccc(/C=C/C(=O)NCCN(CC)CC)cc1OC.